The van der Waals surface area contributed by atoms with Gasteiger partial charge in [0, 0.05) is 18.5 Å². The number of hydrogen-bond acceptors (Lipinski definition) is 4. The molecule has 1 aliphatic carbocycles. The topological polar surface area (TPSA) is 36.8 Å². The van der Waals surface area contributed by atoms with Gasteiger partial charge in [0.1, 0.15) is 5.04 Å². The highest BCUT2D eigenvalue weighted by molar-refractivity contribution is 8.13. The van der Waals surface area contributed by atoms with E-state index < -0.39 is 0 Å². The van der Waals surface area contributed by atoms with Gasteiger partial charge in [-0.2, -0.15) is 5.10 Å². The Labute approximate surface area is 90.5 Å². The Kier molecular flexibility index (Phi) is 5.87. The zero-order valence-electron chi connectivity index (χ0n) is 8.83. The minimum atomic E-state index is 0.632. The van der Waals surface area contributed by atoms with Gasteiger partial charge in [0.05, 0.1) is 0 Å². The fraction of sp³-hybridized carbons (Fsp3) is 0.800. The van der Waals surface area contributed by atoms with E-state index in [1.807, 2.05) is 7.05 Å². The first-order valence-electron chi connectivity index (χ1n) is 5.19. The Bertz CT molecular complexity index is 198. The summed E-state index contributed by atoms with van der Waals surface area (Å²) in [5, 5.41) is 12.1. The molecule has 0 saturated heterocycles. The van der Waals surface area contributed by atoms with Gasteiger partial charge in [-0.1, -0.05) is 31.0 Å². The fourth-order valence-corrected chi connectivity index (χ4v) is 2.67. The van der Waals surface area contributed by atoms with Crippen molar-refractivity contribution in [3.05, 3.63) is 0 Å². The zero-order chi connectivity index (χ0) is 10.2. The van der Waals surface area contributed by atoms with Crippen molar-refractivity contribution in [2.75, 3.05) is 12.9 Å². The minimum Gasteiger partial charge on any atom is -0.311 e. The minimum absolute atomic E-state index is 0.632. The summed E-state index contributed by atoms with van der Waals surface area (Å²) in [7, 11) is 1.95. The van der Waals surface area contributed by atoms with Crippen LogP contribution in [0.25, 0.3) is 0 Å². The third kappa shape index (κ3) is 3.80. The van der Waals surface area contributed by atoms with E-state index in [2.05, 4.69) is 22.2 Å². The smallest absolute Gasteiger partial charge is 0.100 e. The molecule has 4 heteroatoms. The summed E-state index contributed by atoms with van der Waals surface area (Å²) in [4.78, 5) is 0. The second-order valence-corrected chi connectivity index (χ2v) is 4.55. The van der Waals surface area contributed by atoms with Crippen LogP contribution in [-0.2, 0) is 0 Å². The van der Waals surface area contributed by atoms with Crippen molar-refractivity contribution < 1.29 is 0 Å². The van der Waals surface area contributed by atoms with E-state index in [0.717, 1.165) is 10.9 Å². The number of nitrogens with zero attached hydrogens (tertiary/aromatic N) is 2. The highest BCUT2D eigenvalue weighted by Crippen LogP contribution is 2.28. The first kappa shape index (κ1) is 11.7. The Hall–Kier alpha value is -0.350. The van der Waals surface area contributed by atoms with Crippen LogP contribution in [0.4, 0.5) is 0 Å². The van der Waals surface area contributed by atoms with Crippen LogP contribution >= 0.6 is 11.8 Å². The lowest BCUT2D eigenvalue weighted by molar-refractivity contribution is 0.442. The second-order valence-electron chi connectivity index (χ2n) is 3.56. The summed E-state index contributed by atoms with van der Waals surface area (Å²) in [6.07, 6.45) is 6.58. The third-order valence-electron chi connectivity index (χ3n) is 2.49. The molecule has 1 fully saturated rings. The monoisotopic (exact) mass is 213 g/mol. The van der Waals surface area contributed by atoms with Gasteiger partial charge in [-0.15, -0.1) is 5.10 Å². The van der Waals surface area contributed by atoms with Crippen LogP contribution in [-0.4, -0.2) is 24.7 Å². The molecule has 1 saturated carbocycles. The normalized spacial score (nSPS) is 19.6. The van der Waals surface area contributed by atoms with Gasteiger partial charge in [0.15, 0.2) is 0 Å². The van der Waals surface area contributed by atoms with E-state index >= 15 is 0 Å². The summed E-state index contributed by atoms with van der Waals surface area (Å²) in [5.41, 5.74) is 0. The predicted octanol–water partition coefficient (Wildman–Crippen LogP) is 2.49. The molecule has 0 aromatic rings. The van der Waals surface area contributed by atoms with E-state index in [4.69, 9.17) is 0 Å². The van der Waals surface area contributed by atoms with Gasteiger partial charge in [-0.25, -0.2) is 0 Å². The fourth-order valence-electron chi connectivity index (χ4n) is 1.79. The molecule has 0 aliphatic heterocycles. The molecule has 1 N–H and O–H groups in total. The van der Waals surface area contributed by atoms with Crippen molar-refractivity contribution in [2.24, 2.45) is 16.1 Å². The Balaban J connectivity index is 2.47. The molecule has 0 unspecified atom stereocenters. The van der Waals surface area contributed by atoms with E-state index in [0.29, 0.717) is 5.92 Å². The van der Waals surface area contributed by atoms with Crippen LogP contribution in [0.5, 0.6) is 0 Å². The van der Waals surface area contributed by atoms with E-state index in [9.17, 15) is 0 Å². The molecule has 0 bridgehead atoms. The number of rotatable bonds is 4. The second kappa shape index (κ2) is 7.01. The number of hydrogen-bond donors (Lipinski definition) is 1. The lowest BCUT2D eigenvalue weighted by atomic mass is 9.90. The van der Waals surface area contributed by atoms with Crippen LogP contribution in [0.2, 0.25) is 0 Å². The molecule has 0 amide bonds. The summed E-state index contributed by atoms with van der Waals surface area (Å²) >= 11 is 1.76. The molecule has 0 aromatic heterocycles. The summed E-state index contributed by atoms with van der Waals surface area (Å²) in [6.45, 7) is 3.43. The van der Waals surface area contributed by atoms with Crippen molar-refractivity contribution in [3.8, 4) is 0 Å². The third-order valence-corrected chi connectivity index (χ3v) is 3.63. The first-order valence-corrected chi connectivity index (χ1v) is 6.18. The molecule has 14 heavy (non-hydrogen) atoms. The maximum atomic E-state index is 4.14. The van der Waals surface area contributed by atoms with Crippen LogP contribution in [0.3, 0.4) is 0 Å². The van der Waals surface area contributed by atoms with Gasteiger partial charge in [-0.05, 0) is 19.9 Å². The highest BCUT2D eigenvalue weighted by Gasteiger charge is 2.19. The largest absolute Gasteiger partial charge is 0.311 e. The Morgan fingerprint density at radius 1 is 1.43 bits per heavy atom. The molecule has 3 nitrogen and oxygen atoms in total. The van der Waals surface area contributed by atoms with Crippen LogP contribution in [0, 0.1) is 5.92 Å². The lowest BCUT2D eigenvalue weighted by Gasteiger charge is -2.22. The lowest BCUT2D eigenvalue weighted by Crippen LogP contribution is -2.17. The van der Waals surface area contributed by atoms with Crippen molar-refractivity contribution in [2.45, 2.75) is 32.1 Å². The van der Waals surface area contributed by atoms with E-state index in [1.165, 1.54) is 32.1 Å². The maximum Gasteiger partial charge on any atom is 0.100 e. The van der Waals surface area contributed by atoms with Gasteiger partial charge in [0.25, 0.3) is 0 Å². The Morgan fingerprint density at radius 2 is 2.14 bits per heavy atom. The molecule has 0 spiro atoms. The Morgan fingerprint density at radius 3 is 2.71 bits per heavy atom. The average Bonchev–Trinajstić information content (AvgIpc) is 2.25. The van der Waals surface area contributed by atoms with Crippen LogP contribution in [0.15, 0.2) is 10.2 Å². The van der Waals surface area contributed by atoms with Gasteiger partial charge in [0.2, 0.25) is 0 Å². The van der Waals surface area contributed by atoms with Crippen LogP contribution in [0.1, 0.15) is 32.1 Å². The summed E-state index contributed by atoms with van der Waals surface area (Å²) in [5.74, 6) is 1.54. The molecule has 1 rings (SSSR count). The number of thioether (sulfide) groups is 1. The molecule has 0 atom stereocenters. The molecular formula is C10H19N3S. The predicted molar refractivity (Wildman–Crippen MR) is 65.1 cm³/mol. The first-order chi connectivity index (χ1) is 6.88. The quantitative estimate of drug-likeness (QED) is 0.337. The zero-order valence-corrected chi connectivity index (χ0v) is 9.65. The molecular weight excluding hydrogens is 194 g/mol. The summed E-state index contributed by atoms with van der Waals surface area (Å²) < 4.78 is 0. The standard InChI is InChI=1S/C10H19N3S/c1-11-8-14-10(13-12-2)9-6-4-3-5-7-9/h9,11H,2-8H2,1H3/b13-10-. The van der Waals surface area contributed by atoms with Crippen molar-refractivity contribution in [1.29, 1.82) is 0 Å². The SMILES string of the molecule is C=N/N=C(\SCNC)C1CCCCC1. The van der Waals surface area contributed by atoms with Crippen molar-refractivity contribution >= 4 is 23.5 Å². The molecule has 1 aliphatic rings. The van der Waals surface area contributed by atoms with E-state index in [1.54, 1.807) is 11.8 Å². The molecule has 80 valence electrons. The maximum absolute atomic E-state index is 4.14. The van der Waals surface area contributed by atoms with Gasteiger partial charge in [-0.3, -0.25) is 0 Å². The van der Waals surface area contributed by atoms with E-state index in [-0.39, 0.29) is 0 Å². The van der Waals surface area contributed by atoms with Crippen LogP contribution < -0.4 is 5.32 Å². The molecule has 0 radical (unpaired) electrons. The van der Waals surface area contributed by atoms with Crippen molar-refractivity contribution in [3.63, 3.8) is 0 Å². The number of nitrogens with one attached hydrogen (secondary N) is 1. The molecule has 0 aromatic carbocycles. The molecule has 0 heterocycles. The highest BCUT2D eigenvalue weighted by atomic mass is 32.2. The van der Waals surface area contributed by atoms with Gasteiger partial charge < -0.3 is 5.32 Å². The summed E-state index contributed by atoms with van der Waals surface area (Å²) in [6, 6.07) is 0. The average molecular weight is 213 g/mol. The van der Waals surface area contributed by atoms with Gasteiger partial charge >= 0.3 is 0 Å². The van der Waals surface area contributed by atoms with Crippen molar-refractivity contribution in [1.82, 2.24) is 5.32 Å².